The van der Waals surface area contributed by atoms with Crippen molar-refractivity contribution in [3.05, 3.63) is 77.1 Å². The van der Waals surface area contributed by atoms with Gasteiger partial charge in [-0.15, -0.1) is 0 Å². The number of ether oxygens (including phenoxy) is 1. The number of hydrogen-bond acceptors (Lipinski definition) is 4. The standard InChI is InChI=1S/C21H21N3O4/c1-3-14-7-9-17(10-8-14)28-13-15-5-4-6-16(11-15)20(25)23-18-12-22-24(2)19(18)21(26)27/h4-12H,3,13H2,1-2H3,(H,23,25)(H,26,27). The molecule has 0 saturated heterocycles. The van der Waals surface area contributed by atoms with Crippen LogP contribution in [-0.4, -0.2) is 26.8 Å². The second-order valence-electron chi connectivity index (χ2n) is 6.28. The molecular formula is C21H21N3O4. The van der Waals surface area contributed by atoms with Gasteiger partial charge in [-0.25, -0.2) is 4.79 Å². The monoisotopic (exact) mass is 379 g/mol. The summed E-state index contributed by atoms with van der Waals surface area (Å²) in [4.78, 5) is 23.8. The first-order chi connectivity index (χ1) is 13.5. The molecule has 0 radical (unpaired) electrons. The number of carboxylic acids is 1. The van der Waals surface area contributed by atoms with Crippen LogP contribution >= 0.6 is 0 Å². The molecule has 144 valence electrons. The number of carbonyl (C=O) groups is 2. The lowest BCUT2D eigenvalue weighted by atomic mass is 10.1. The van der Waals surface area contributed by atoms with Crippen LogP contribution in [0.25, 0.3) is 0 Å². The number of rotatable bonds is 7. The number of nitrogens with zero attached hydrogens (tertiary/aromatic N) is 2. The average Bonchev–Trinajstić information content (AvgIpc) is 3.07. The maximum absolute atomic E-state index is 12.5. The molecule has 1 aromatic heterocycles. The van der Waals surface area contributed by atoms with Crippen molar-refractivity contribution in [2.45, 2.75) is 20.0 Å². The number of benzene rings is 2. The molecule has 3 rings (SSSR count). The van der Waals surface area contributed by atoms with E-state index in [0.717, 1.165) is 17.7 Å². The molecule has 28 heavy (non-hydrogen) atoms. The minimum atomic E-state index is -1.16. The summed E-state index contributed by atoms with van der Waals surface area (Å²) in [5.41, 5.74) is 2.54. The van der Waals surface area contributed by atoms with Crippen LogP contribution < -0.4 is 10.1 Å². The van der Waals surface area contributed by atoms with E-state index in [1.54, 1.807) is 18.2 Å². The SMILES string of the molecule is CCc1ccc(OCc2cccc(C(=O)Nc3cnn(C)c3C(=O)O)c2)cc1. The van der Waals surface area contributed by atoms with Gasteiger partial charge in [0.15, 0.2) is 5.69 Å². The van der Waals surface area contributed by atoms with Gasteiger partial charge in [0, 0.05) is 12.6 Å². The van der Waals surface area contributed by atoms with Crippen LogP contribution in [0.5, 0.6) is 5.75 Å². The number of nitrogens with one attached hydrogen (secondary N) is 1. The zero-order valence-corrected chi connectivity index (χ0v) is 15.7. The number of amides is 1. The largest absolute Gasteiger partial charge is 0.489 e. The molecular weight excluding hydrogens is 358 g/mol. The second-order valence-corrected chi connectivity index (χ2v) is 6.28. The number of hydrogen-bond donors (Lipinski definition) is 2. The van der Waals surface area contributed by atoms with E-state index in [2.05, 4.69) is 17.3 Å². The van der Waals surface area contributed by atoms with Crippen molar-refractivity contribution < 1.29 is 19.4 Å². The number of aromatic carboxylic acids is 1. The zero-order valence-electron chi connectivity index (χ0n) is 15.7. The van der Waals surface area contributed by atoms with Crippen molar-refractivity contribution in [3.8, 4) is 5.75 Å². The van der Waals surface area contributed by atoms with Gasteiger partial charge in [0.05, 0.1) is 11.9 Å². The van der Waals surface area contributed by atoms with Crippen LogP contribution in [0.3, 0.4) is 0 Å². The summed E-state index contributed by atoms with van der Waals surface area (Å²) < 4.78 is 6.98. The van der Waals surface area contributed by atoms with E-state index in [0.29, 0.717) is 12.2 Å². The molecule has 3 aromatic rings. The molecule has 2 N–H and O–H groups in total. The Hall–Kier alpha value is -3.61. The van der Waals surface area contributed by atoms with Crippen LogP contribution in [-0.2, 0) is 20.1 Å². The Bertz CT molecular complexity index is 993. The number of anilines is 1. The van der Waals surface area contributed by atoms with Crippen molar-refractivity contribution in [1.82, 2.24) is 9.78 Å². The smallest absolute Gasteiger partial charge is 0.356 e. The Morgan fingerprint density at radius 3 is 2.57 bits per heavy atom. The second kappa shape index (κ2) is 8.39. The van der Waals surface area contributed by atoms with Gasteiger partial charge in [-0.1, -0.05) is 31.2 Å². The van der Waals surface area contributed by atoms with E-state index >= 15 is 0 Å². The molecule has 0 bridgehead atoms. The molecule has 1 heterocycles. The van der Waals surface area contributed by atoms with Gasteiger partial charge in [0.25, 0.3) is 5.91 Å². The molecule has 7 heteroatoms. The van der Waals surface area contributed by atoms with E-state index in [-0.39, 0.29) is 11.4 Å². The van der Waals surface area contributed by atoms with Gasteiger partial charge in [-0.2, -0.15) is 5.10 Å². The highest BCUT2D eigenvalue weighted by atomic mass is 16.5. The molecule has 1 amide bonds. The number of carbonyl (C=O) groups excluding carboxylic acids is 1. The Kier molecular flexibility index (Phi) is 5.74. The predicted molar refractivity (Wildman–Crippen MR) is 105 cm³/mol. The third-order valence-corrected chi connectivity index (χ3v) is 4.32. The van der Waals surface area contributed by atoms with Crippen molar-refractivity contribution in [3.63, 3.8) is 0 Å². The van der Waals surface area contributed by atoms with Crippen LogP contribution in [0.2, 0.25) is 0 Å². The summed E-state index contributed by atoms with van der Waals surface area (Å²) in [6.45, 7) is 2.41. The normalized spacial score (nSPS) is 10.5. The molecule has 0 saturated carbocycles. The molecule has 0 atom stereocenters. The third kappa shape index (κ3) is 4.37. The Morgan fingerprint density at radius 1 is 1.14 bits per heavy atom. The van der Waals surface area contributed by atoms with Crippen molar-refractivity contribution in [1.29, 1.82) is 0 Å². The molecule has 0 aliphatic carbocycles. The Morgan fingerprint density at radius 2 is 1.89 bits per heavy atom. The fourth-order valence-corrected chi connectivity index (χ4v) is 2.77. The molecule has 7 nitrogen and oxygen atoms in total. The summed E-state index contributed by atoms with van der Waals surface area (Å²) in [5, 5.41) is 15.7. The lowest BCUT2D eigenvalue weighted by molar-refractivity contribution is 0.0686. The first-order valence-electron chi connectivity index (χ1n) is 8.85. The zero-order chi connectivity index (χ0) is 20.1. The van der Waals surface area contributed by atoms with Crippen LogP contribution in [0, 0.1) is 0 Å². The number of aryl methyl sites for hydroxylation is 2. The fourth-order valence-electron chi connectivity index (χ4n) is 2.77. The summed E-state index contributed by atoms with van der Waals surface area (Å²) >= 11 is 0. The van der Waals surface area contributed by atoms with E-state index in [1.165, 1.54) is 23.5 Å². The number of aromatic nitrogens is 2. The van der Waals surface area contributed by atoms with Gasteiger partial charge in [-0.05, 0) is 41.8 Å². The lowest BCUT2D eigenvalue weighted by Crippen LogP contribution is -2.15. The minimum Gasteiger partial charge on any atom is -0.489 e. The van der Waals surface area contributed by atoms with Crippen LogP contribution in [0.15, 0.2) is 54.7 Å². The molecule has 0 fully saturated rings. The minimum absolute atomic E-state index is 0.0802. The van der Waals surface area contributed by atoms with E-state index in [4.69, 9.17) is 4.74 Å². The first kappa shape index (κ1) is 19.2. The number of carboxylic acid groups (broad SMARTS) is 1. The van der Waals surface area contributed by atoms with Crippen molar-refractivity contribution >= 4 is 17.6 Å². The summed E-state index contributed by atoms with van der Waals surface area (Å²) in [6, 6.07) is 14.9. The third-order valence-electron chi connectivity index (χ3n) is 4.32. The molecule has 0 aliphatic rings. The average molecular weight is 379 g/mol. The molecule has 0 aliphatic heterocycles. The van der Waals surface area contributed by atoms with Gasteiger partial charge in [-0.3, -0.25) is 9.48 Å². The molecule has 0 spiro atoms. The first-order valence-corrected chi connectivity index (χ1v) is 8.85. The summed E-state index contributed by atoms with van der Waals surface area (Å²) in [6.07, 6.45) is 2.28. The maximum Gasteiger partial charge on any atom is 0.356 e. The quantitative estimate of drug-likeness (QED) is 0.655. The summed E-state index contributed by atoms with van der Waals surface area (Å²) in [5.74, 6) is -0.815. The highest BCUT2D eigenvalue weighted by Crippen LogP contribution is 2.18. The Labute approximate surface area is 162 Å². The van der Waals surface area contributed by atoms with E-state index in [9.17, 15) is 14.7 Å². The van der Waals surface area contributed by atoms with Gasteiger partial charge in [0.2, 0.25) is 0 Å². The van der Waals surface area contributed by atoms with Crippen LogP contribution in [0.1, 0.15) is 38.9 Å². The van der Waals surface area contributed by atoms with Crippen LogP contribution in [0.4, 0.5) is 5.69 Å². The van der Waals surface area contributed by atoms with Gasteiger partial charge < -0.3 is 15.2 Å². The molecule has 0 unspecified atom stereocenters. The van der Waals surface area contributed by atoms with Gasteiger partial charge >= 0.3 is 5.97 Å². The highest BCUT2D eigenvalue weighted by Gasteiger charge is 2.18. The predicted octanol–water partition coefficient (Wildman–Crippen LogP) is 3.51. The van der Waals surface area contributed by atoms with Crippen molar-refractivity contribution in [2.75, 3.05) is 5.32 Å². The maximum atomic E-state index is 12.5. The van der Waals surface area contributed by atoms with E-state index < -0.39 is 11.9 Å². The van der Waals surface area contributed by atoms with Crippen molar-refractivity contribution in [2.24, 2.45) is 7.05 Å². The lowest BCUT2D eigenvalue weighted by Gasteiger charge is -2.09. The fraction of sp³-hybridized carbons (Fsp3) is 0.190. The highest BCUT2D eigenvalue weighted by molar-refractivity contribution is 6.07. The topological polar surface area (TPSA) is 93.5 Å². The Balaban J connectivity index is 1.68. The molecule has 2 aromatic carbocycles. The van der Waals surface area contributed by atoms with Gasteiger partial charge in [0.1, 0.15) is 12.4 Å². The van der Waals surface area contributed by atoms with E-state index in [1.807, 2.05) is 30.3 Å². The summed E-state index contributed by atoms with van der Waals surface area (Å²) in [7, 11) is 1.50.